The van der Waals surface area contributed by atoms with E-state index < -0.39 is 10.0 Å². The molecule has 3 atom stereocenters. The van der Waals surface area contributed by atoms with Gasteiger partial charge in [0, 0.05) is 17.6 Å². The normalized spacial score (nSPS) is 22.8. The highest BCUT2D eigenvalue weighted by atomic mass is 32.2. The Morgan fingerprint density at radius 2 is 2.00 bits per heavy atom. The molecule has 2 aromatic carbocycles. The molecule has 1 heterocycles. The predicted octanol–water partition coefficient (Wildman–Crippen LogP) is 3.91. The van der Waals surface area contributed by atoms with E-state index in [2.05, 4.69) is 22.2 Å². The summed E-state index contributed by atoms with van der Waals surface area (Å²) in [5.74, 6) is 0.942. The van der Waals surface area contributed by atoms with Crippen molar-refractivity contribution >= 4 is 15.7 Å². The number of ether oxygens (including phenoxy) is 1. The third-order valence-electron chi connectivity index (χ3n) is 5.60. The summed E-state index contributed by atoms with van der Waals surface area (Å²) in [6.45, 7) is 3.62. The summed E-state index contributed by atoms with van der Waals surface area (Å²) in [7, 11) is -2.01. The summed E-state index contributed by atoms with van der Waals surface area (Å²) in [4.78, 5) is 0.288. The minimum atomic E-state index is -3.55. The number of rotatable bonds is 5. The zero-order valence-corrected chi connectivity index (χ0v) is 17.5. The third kappa shape index (κ3) is 3.60. The maximum Gasteiger partial charge on any atom is 0.240 e. The van der Waals surface area contributed by atoms with E-state index >= 15 is 0 Å². The van der Waals surface area contributed by atoms with E-state index in [0.29, 0.717) is 5.75 Å². The van der Waals surface area contributed by atoms with Gasteiger partial charge in [0.15, 0.2) is 11.5 Å². The fraction of sp³-hybridized carbons (Fsp3) is 0.364. The van der Waals surface area contributed by atoms with E-state index in [4.69, 9.17) is 4.74 Å². The quantitative estimate of drug-likeness (QED) is 0.646. The molecular weight excluding hydrogens is 388 g/mol. The van der Waals surface area contributed by atoms with Gasteiger partial charge in [-0.1, -0.05) is 18.2 Å². The van der Waals surface area contributed by atoms with Crippen molar-refractivity contribution < 1.29 is 18.3 Å². The van der Waals surface area contributed by atoms with Crippen LogP contribution in [0.5, 0.6) is 11.5 Å². The Bertz CT molecular complexity index is 1060. The molecule has 0 spiro atoms. The predicted molar refractivity (Wildman–Crippen MR) is 113 cm³/mol. The highest BCUT2D eigenvalue weighted by molar-refractivity contribution is 7.89. The fourth-order valence-electron chi connectivity index (χ4n) is 4.34. The van der Waals surface area contributed by atoms with Crippen LogP contribution in [0, 0.1) is 5.92 Å². The summed E-state index contributed by atoms with van der Waals surface area (Å²) in [5.41, 5.74) is 2.96. The highest BCUT2D eigenvalue weighted by Gasteiger charge is 2.38. The van der Waals surface area contributed by atoms with E-state index in [0.717, 1.165) is 23.2 Å². The van der Waals surface area contributed by atoms with Crippen molar-refractivity contribution in [1.82, 2.24) is 4.72 Å². The van der Waals surface area contributed by atoms with Crippen LogP contribution in [-0.2, 0) is 10.0 Å². The topological polar surface area (TPSA) is 87.7 Å². The zero-order valence-electron chi connectivity index (χ0n) is 16.7. The summed E-state index contributed by atoms with van der Waals surface area (Å²) in [5, 5.41) is 13.5. The number of anilines is 1. The Balaban J connectivity index is 1.73. The monoisotopic (exact) mass is 414 g/mol. The van der Waals surface area contributed by atoms with Gasteiger partial charge in [0.2, 0.25) is 10.0 Å². The lowest BCUT2D eigenvalue weighted by molar-refractivity contribution is 0.370. The van der Waals surface area contributed by atoms with Crippen molar-refractivity contribution in [2.45, 2.75) is 43.2 Å². The lowest BCUT2D eigenvalue weighted by Gasteiger charge is -2.37. The van der Waals surface area contributed by atoms with Crippen molar-refractivity contribution in [2.24, 2.45) is 5.92 Å². The minimum absolute atomic E-state index is 0.0354. The number of methoxy groups -OCH3 is 1. The molecule has 6 nitrogen and oxygen atoms in total. The van der Waals surface area contributed by atoms with Crippen LogP contribution >= 0.6 is 0 Å². The van der Waals surface area contributed by atoms with Gasteiger partial charge in [-0.05, 0) is 67.6 Å². The van der Waals surface area contributed by atoms with Crippen molar-refractivity contribution in [3.63, 3.8) is 0 Å². The molecule has 154 valence electrons. The Hall–Kier alpha value is -2.51. The van der Waals surface area contributed by atoms with Gasteiger partial charge in [-0.25, -0.2) is 13.1 Å². The number of aromatic hydroxyl groups is 1. The van der Waals surface area contributed by atoms with Gasteiger partial charge in [-0.3, -0.25) is 0 Å². The molecule has 29 heavy (non-hydrogen) atoms. The molecule has 2 aliphatic rings. The standard InChI is InChI=1S/C22H26N2O4S/c1-13(2)24-29(26,27)15-8-9-19-18(12-15)16-5-4-6-17(16)22(23-19)14-7-10-20(25)21(11-14)28-3/h4-5,7-13,16-17,22-25H,6H2,1-3H3. The number of nitrogens with one attached hydrogen (secondary N) is 2. The Kier molecular flexibility index (Phi) is 5.04. The first-order valence-corrected chi connectivity index (χ1v) is 11.2. The van der Waals surface area contributed by atoms with E-state index in [1.165, 1.54) is 7.11 Å². The fourth-order valence-corrected chi connectivity index (χ4v) is 5.62. The number of phenolic OH excluding ortho intramolecular Hbond substituents is 1. The number of hydrogen-bond donors (Lipinski definition) is 3. The van der Waals surface area contributed by atoms with Gasteiger partial charge in [0.1, 0.15) is 0 Å². The van der Waals surface area contributed by atoms with Crippen molar-refractivity contribution in [3.8, 4) is 11.5 Å². The van der Waals surface area contributed by atoms with Crippen molar-refractivity contribution in [2.75, 3.05) is 12.4 Å². The second-order valence-electron chi connectivity index (χ2n) is 7.93. The summed E-state index contributed by atoms with van der Waals surface area (Å²) < 4.78 is 33.2. The molecule has 0 saturated heterocycles. The van der Waals surface area contributed by atoms with Gasteiger partial charge < -0.3 is 15.2 Å². The average molecular weight is 415 g/mol. The average Bonchev–Trinajstić information content (AvgIpc) is 3.16. The van der Waals surface area contributed by atoms with Crippen LogP contribution in [0.3, 0.4) is 0 Å². The smallest absolute Gasteiger partial charge is 0.240 e. The molecule has 1 aliphatic carbocycles. The van der Waals surface area contributed by atoms with Gasteiger partial charge in [-0.15, -0.1) is 0 Å². The van der Waals surface area contributed by atoms with Crippen LogP contribution in [0.1, 0.15) is 43.4 Å². The van der Waals surface area contributed by atoms with Crippen LogP contribution in [-0.4, -0.2) is 26.7 Å². The number of sulfonamides is 1. The Morgan fingerprint density at radius 3 is 2.72 bits per heavy atom. The van der Waals surface area contributed by atoms with Crippen molar-refractivity contribution in [1.29, 1.82) is 0 Å². The molecule has 7 heteroatoms. The molecule has 0 fully saturated rings. The van der Waals surface area contributed by atoms with Crippen LogP contribution in [0.2, 0.25) is 0 Å². The molecule has 2 aromatic rings. The van der Waals surface area contributed by atoms with Crippen LogP contribution in [0.25, 0.3) is 0 Å². The number of hydrogen-bond acceptors (Lipinski definition) is 5. The maximum absolute atomic E-state index is 12.6. The SMILES string of the molecule is COc1cc(C2Nc3ccc(S(=O)(=O)NC(C)C)cc3C3C=CCC32)ccc1O. The van der Waals surface area contributed by atoms with Crippen LogP contribution in [0.4, 0.5) is 5.69 Å². The maximum atomic E-state index is 12.6. The van der Waals surface area contributed by atoms with Gasteiger partial charge in [0.05, 0.1) is 18.0 Å². The molecule has 0 amide bonds. The molecule has 0 saturated carbocycles. The van der Waals surface area contributed by atoms with E-state index in [-0.39, 0.29) is 34.6 Å². The zero-order chi connectivity index (χ0) is 20.8. The third-order valence-corrected chi connectivity index (χ3v) is 7.25. The second kappa shape index (κ2) is 7.39. The molecule has 3 unspecified atom stereocenters. The molecule has 0 radical (unpaired) electrons. The van der Waals surface area contributed by atoms with Gasteiger partial charge >= 0.3 is 0 Å². The molecule has 1 aliphatic heterocycles. The lowest BCUT2D eigenvalue weighted by Crippen LogP contribution is -2.31. The van der Waals surface area contributed by atoms with Crippen LogP contribution < -0.4 is 14.8 Å². The summed E-state index contributed by atoms with van der Waals surface area (Å²) >= 11 is 0. The van der Waals surface area contributed by atoms with Gasteiger partial charge in [-0.2, -0.15) is 0 Å². The first kappa shape index (κ1) is 19.8. The van der Waals surface area contributed by atoms with Gasteiger partial charge in [0.25, 0.3) is 0 Å². The second-order valence-corrected chi connectivity index (χ2v) is 9.65. The first-order valence-electron chi connectivity index (χ1n) is 9.76. The van der Waals surface area contributed by atoms with E-state index in [1.807, 2.05) is 32.0 Å². The molecule has 0 aromatic heterocycles. The minimum Gasteiger partial charge on any atom is -0.504 e. The first-order chi connectivity index (χ1) is 13.8. The largest absolute Gasteiger partial charge is 0.504 e. The number of fused-ring (bicyclic) bond motifs is 3. The lowest BCUT2D eigenvalue weighted by atomic mass is 9.77. The summed E-state index contributed by atoms with van der Waals surface area (Å²) in [6.07, 6.45) is 5.22. The highest BCUT2D eigenvalue weighted by Crippen LogP contribution is 2.50. The van der Waals surface area contributed by atoms with E-state index in [1.54, 1.807) is 18.2 Å². The number of benzene rings is 2. The molecule has 4 rings (SSSR count). The number of phenols is 1. The van der Waals surface area contributed by atoms with Crippen LogP contribution in [0.15, 0.2) is 53.4 Å². The Morgan fingerprint density at radius 1 is 1.21 bits per heavy atom. The number of allylic oxidation sites excluding steroid dienone is 2. The summed E-state index contributed by atoms with van der Waals surface area (Å²) in [6, 6.07) is 10.6. The molecular formula is C22H26N2O4S. The molecule has 0 bridgehead atoms. The van der Waals surface area contributed by atoms with Crippen molar-refractivity contribution in [3.05, 3.63) is 59.7 Å². The molecule has 3 N–H and O–H groups in total. The Labute approximate surface area is 171 Å². The van der Waals surface area contributed by atoms with E-state index in [9.17, 15) is 13.5 Å².